The number of benzene rings is 1. The normalized spacial score (nSPS) is 22.9. The summed E-state index contributed by atoms with van der Waals surface area (Å²) in [6, 6.07) is 6.82. The van der Waals surface area contributed by atoms with Crippen LogP contribution in [-0.2, 0) is 6.54 Å². The third kappa shape index (κ3) is 4.72. The van der Waals surface area contributed by atoms with Crippen molar-refractivity contribution in [1.82, 2.24) is 5.32 Å². The van der Waals surface area contributed by atoms with Crippen LogP contribution in [0.5, 0.6) is 0 Å². The van der Waals surface area contributed by atoms with Crippen molar-refractivity contribution in [2.75, 3.05) is 24.5 Å². The molecule has 0 radical (unpaired) electrons. The zero-order valence-corrected chi connectivity index (χ0v) is 15.4. The molecule has 1 aromatic carbocycles. The highest BCUT2D eigenvalue weighted by Gasteiger charge is 2.23. The maximum absolute atomic E-state index is 3.74. The van der Waals surface area contributed by atoms with Gasteiger partial charge in [-0.15, -0.1) is 0 Å². The molecule has 1 heterocycles. The molecule has 21 heavy (non-hydrogen) atoms. The Hall–Kier alpha value is -0.540. The van der Waals surface area contributed by atoms with Crippen molar-refractivity contribution >= 4 is 21.6 Å². The number of hydrogen-bond donors (Lipinski definition) is 1. The molecular formula is C18H29BrN2. The molecule has 0 saturated carbocycles. The van der Waals surface area contributed by atoms with E-state index in [1.807, 2.05) is 0 Å². The molecule has 1 aliphatic heterocycles. The van der Waals surface area contributed by atoms with Gasteiger partial charge in [0.2, 0.25) is 0 Å². The van der Waals surface area contributed by atoms with Crippen molar-refractivity contribution in [3.8, 4) is 0 Å². The molecule has 1 fully saturated rings. The summed E-state index contributed by atoms with van der Waals surface area (Å²) < 4.78 is 1.22. The number of piperidine rings is 1. The van der Waals surface area contributed by atoms with Crippen molar-refractivity contribution in [1.29, 1.82) is 0 Å². The van der Waals surface area contributed by atoms with Gasteiger partial charge in [0.1, 0.15) is 0 Å². The number of nitrogens with one attached hydrogen (secondary N) is 1. The van der Waals surface area contributed by atoms with Crippen LogP contribution in [0.4, 0.5) is 5.69 Å². The molecule has 2 unspecified atom stereocenters. The van der Waals surface area contributed by atoms with Gasteiger partial charge in [0.25, 0.3) is 0 Å². The predicted octanol–water partition coefficient (Wildman–Crippen LogP) is 4.68. The molecule has 0 aromatic heterocycles. The summed E-state index contributed by atoms with van der Waals surface area (Å²) >= 11 is 3.74. The van der Waals surface area contributed by atoms with E-state index in [4.69, 9.17) is 0 Å². The lowest BCUT2D eigenvalue weighted by molar-refractivity contribution is 0.324. The average molecular weight is 353 g/mol. The van der Waals surface area contributed by atoms with Gasteiger partial charge in [0.05, 0.1) is 0 Å². The molecule has 2 atom stereocenters. The van der Waals surface area contributed by atoms with E-state index in [9.17, 15) is 0 Å². The summed E-state index contributed by atoms with van der Waals surface area (Å²) in [5.41, 5.74) is 2.70. The van der Waals surface area contributed by atoms with Crippen molar-refractivity contribution in [2.24, 2.45) is 17.8 Å². The van der Waals surface area contributed by atoms with Crippen LogP contribution >= 0.6 is 15.9 Å². The summed E-state index contributed by atoms with van der Waals surface area (Å²) in [5, 5.41) is 3.51. The van der Waals surface area contributed by atoms with Crippen LogP contribution in [0.2, 0.25) is 0 Å². The third-order valence-electron chi connectivity index (χ3n) is 4.60. The quantitative estimate of drug-likeness (QED) is 0.827. The fraction of sp³-hybridized carbons (Fsp3) is 0.667. The van der Waals surface area contributed by atoms with E-state index in [-0.39, 0.29) is 0 Å². The van der Waals surface area contributed by atoms with E-state index in [1.54, 1.807) is 0 Å². The molecule has 1 N–H and O–H groups in total. The predicted molar refractivity (Wildman–Crippen MR) is 95.8 cm³/mol. The highest BCUT2D eigenvalue weighted by Crippen LogP contribution is 2.30. The molecule has 1 aromatic rings. The van der Waals surface area contributed by atoms with Crippen LogP contribution in [0, 0.1) is 17.8 Å². The Balaban J connectivity index is 1.98. The third-order valence-corrected chi connectivity index (χ3v) is 5.34. The minimum absolute atomic E-state index is 0.694. The molecule has 0 spiro atoms. The monoisotopic (exact) mass is 352 g/mol. The van der Waals surface area contributed by atoms with E-state index in [1.165, 1.54) is 35.2 Å². The van der Waals surface area contributed by atoms with E-state index >= 15 is 0 Å². The van der Waals surface area contributed by atoms with Crippen molar-refractivity contribution < 1.29 is 0 Å². The zero-order valence-electron chi connectivity index (χ0n) is 13.8. The lowest BCUT2D eigenvalue weighted by Gasteiger charge is -2.37. The smallest absolute Gasteiger partial charge is 0.0377 e. The molecule has 118 valence electrons. The van der Waals surface area contributed by atoms with Gasteiger partial charge in [-0.1, -0.05) is 49.7 Å². The second-order valence-corrected chi connectivity index (χ2v) is 7.84. The molecular weight excluding hydrogens is 324 g/mol. The number of rotatable bonds is 5. The summed E-state index contributed by atoms with van der Waals surface area (Å²) in [6.07, 6.45) is 1.30. The van der Waals surface area contributed by atoms with Gasteiger partial charge >= 0.3 is 0 Å². The minimum atomic E-state index is 0.694. The lowest BCUT2D eigenvalue weighted by atomic mass is 9.88. The molecule has 1 aliphatic rings. The van der Waals surface area contributed by atoms with Crippen LogP contribution in [0.3, 0.4) is 0 Å². The minimum Gasteiger partial charge on any atom is -0.371 e. The van der Waals surface area contributed by atoms with Gasteiger partial charge in [-0.25, -0.2) is 0 Å². The van der Waals surface area contributed by atoms with Gasteiger partial charge in [0, 0.05) is 29.8 Å². The average Bonchev–Trinajstić information content (AvgIpc) is 2.43. The maximum atomic E-state index is 3.74. The summed E-state index contributed by atoms with van der Waals surface area (Å²) in [7, 11) is 0. The SMILES string of the molecule is CC(C)CNCc1ccc(N2CCC(C)C(C)C2)cc1Br. The van der Waals surface area contributed by atoms with Crippen LogP contribution in [0.25, 0.3) is 0 Å². The highest BCUT2D eigenvalue weighted by atomic mass is 79.9. The Morgan fingerprint density at radius 1 is 1.29 bits per heavy atom. The molecule has 3 heteroatoms. The molecule has 0 bridgehead atoms. The Kier molecular flexibility index (Phi) is 6.12. The summed E-state index contributed by atoms with van der Waals surface area (Å²) in [6.45, 7) is 13.6. The van der Waals surface area contributed by atoms with E-state index in [0.717, 1.165) is 24.9 Å². The van der Waals surface area contributed by atoms with Crippen LogP contribution < -0.4 is 10.2 Å². The van der Waals surface area contributed by atoms with Crippen LogP contribution in [0.1, 0.15) is 39.7 Å². The Bertz CT molecular complexity index is 459. The lowest BCUT2D eigenvalue weighted by Crippen LogP contribution is -2.38. The highest BCUT2D eigenvalue weighted by molar-refractivity contribution is 9.10. The number of nitrogens with zero attached hydrogens (tertiary/aromatic N) is 1. The first-order valence-corrected chi connectivity index (χ1v) is 9.00. The van der Waals surface area contributed by atoms with Crippen molar-refractivity contribution in [3.63, 3.8) is 0 Å². The van der Waals surface area contributed by atoms with Gasteiger partial charge in [-0.2, -0.15) is 0 Å². The second kappa shape index (κ2) is 7.64. The standard InChI is InChI=1S/C18H29BrN2/c1-13(2)10-20-11-16-5-6-17(9-18(16)19)21-8-7-14(3)15(4)12-21/h5-6,9,13-15,20H,7-8,10-12H2,1-4H3. The van der Waals surface area contributed by atoms with Gasteiger partial charge in [-0.05, 0) is 48.4 Å². The van der Waals surface area contributed by atoms with Crippen LogP contribution in [-0.4, -0.2) is 19.6 Å². The van der Waals surface area contributed by atoms with E-state index in [0.29, 0.717) is 5.92 Å². The molecule has 1 saturated heterocycles. The van der Waals surface area contributed by atoms with Gasteiger partial charge < -0.3 is 10.2 Å². The largest absolute Gasteiger partial charge is 0.371 e. The first kappa shape index (κ1) is 16.8. The van der Waals surface area contributed by atoms with Gasteiger partial charge in [0.15, 0.2) is 0 Å². The topological polar surface area (TPSA) is 15.3 Å². The molecule has 2 rings (SSSR count). The fourth-order valence-corrected chi connectivity index (χ4v) is 3.38. The molecule has 0 amide bonds. The van der Waals surface area contributed by atoms with E-state index < -0.39 is 0 Å². The molecule has 2 nitrogen and oxygen atoms in total. The van der Waals surface area contributed by atoms with Crippen molar-refractivity contribution in [2.45, 2.75) is 40.7 Å². The Morgan fingerprint density at radius 3 is 2.67 bits per heavy atom. The number of hydrogen-bond acceptors (Lipinski definition) is 2. The second-order valence-electron chi connectivity index (χ2n) is 6.99. The summed E-state index contributed by atoms with van der Waals surface area (Å²) in [5.74, 6) is 2.33. The number of anilines is 1. The van der Waals surface area contributed by atoms with Crippen LogP contribution in [0.15, 0.2) is 22.7 Å². The Morgan fingerprint density at radius 2 is 2.05 bits per heavy atom. The van der Waals surface area contributed by atoms with Crippen molar-refractivity contribution in [3.05, 3.63) is 28.2 Å². The van der Waals surface area contributed by atoms with Gasteiger partial charge in [-0.3, -0.25) is 0 Å². The first-order valence-electron chi connectivity index (χ1n) is 8.21. The Labute approximate surface area is 138 Å². The maximum Gasteiger partial charge on any atom is 0.0377 e. The zero-order chi connectivity index (χ0) is 15.4. The first-order chi connectivity index (χ1) is 9.97. The number of halogens is 1. The fourth-order valence-electron chi connectivity index (χ4n) is 2.87. The molecule has 0 aliphatic carbocycles. The van der Waals surface area contributed by atoms with E-state index in [2.05, 4.69) is 72.0 Å². The summed E-state index contributed by atoms with van der Waals surface area (Å²) in [4.78, 5) is 2.53.